The molecule has 1 aromatic heterocycles. The van der Waals surface area contributed by atoms with Gasteiger partial charge >= 0.3 is 0 Å². The summed E-state index contributed by atoms with van der Waals surface area (Å²) < 4.78 is 11.1. The first-order chi connectivity index (χ1) is 14.0. The van der Waals surface area contributed by atoms with Crippen LogP contribution in [0.25, 0.3) is 0 Å². The number of guanidine groups is 1. The highest BCUT2D eigenvalue weighted by atomic mass is 127. The van der Waals surface area contributed by atoms with E-state index < -0.39 is 0 Å². The summed E-state index contributed by atoms with van der Waals surface area (Å²) in [5, 5.41) is 6.56. The van der Waals surface area contributed by atoms with Gasteiger partial charge in [-0.25, -0.2) is 4.99 Å². The number of carbonyl (C=O) groups excluding carboxylic acids is 1. The monoisotopic (exact) mass is 528 g/mol. The second kappa shape index (κ2) is 14.8. The molecule has 166 valence electrons. The van der Waals surface area contributed by atoms with Gasteiger partial charge in [0.1, 0.15) is 12.3 Å². The number of benzene rings is 1. The van der Waals surface area contributed by atoms with Gasteiger partial charge in [-0.2, -0.15) is 0 Å². The molecule has 30 heavy (non-hydrogen) atoms. The van der Waals surface area contributed by atoms with Crippen LogP contribution in [-0.2, 0) is 22.6 Å². The highest BCUT2D eigenvalue weighted by Gasteiger charge is 2.08. The van der Waals surface area contributed by atoms with Crippen LogP contribution in [0.2, 0.25) is 0 Å². The fraction of sp³-hybridized carbons (Fsp3) is 0.455. The largest absolute Gasteiger partial charge is 0.469 e. The van der Waals surface area contributed by atoms with Crippen molar-refractivity contribution >= 4 is 35.8 Å². The van der Waals surface area contributed by atoms with Crippen LogP contribution < -0.4 is 10.6 Å². The third-order valence-corrected chi connectivity index (χ3v) is 4.25. The van der Waals surface area contributed by atoms with Crippen LogP contribution in [0.1, 0.15) is 18.2 Å². The molecule has 1 heterocycles. The molecule has 0 saturated heterocycles. The molecular formula is C22H33IN4O3. The maximum atomic E-state index is 11.9. The molecule has 0 aliphatic heterocycles. The molecule has 0 saturated carbocycles. The zero-order valence-corrected chi connectivity index (χ0v) is 20.3. The quantitative estimate of drug-likeness (QED) is 0.267. The lowest BCUT2D eigenvalue weighted by Gasteiger charge is -2.17. The first kappa shape index (κ1) is 26.0. The van der Waals surface area contributed by atoms with Crippen LogP contribution in [0.15, 0.2) is 58.1 Å². The molecule has 0 spiro atoms. The molecule has 7 nitrogen and oxygen atoms in total. The number of nitrogens with one attached hydrogen (secondary N) is 2. The van der Waals surface area contributed by atoms with Gasteiger partial charge in [-0.15, -0.1) is 24.0 Å². The summed E-state index contributed by atoms with van der Waals surface area (Å²) in [5.74, 6) is 1.77. The van der Waals surface area contributed by atoms with Crippen LogP contribution in [0, 0.1) is 5.92 Å². The Labute approximate surface area is 196 Å². The summed E-state index contributed by atoms with van der Waals surface area (Å²) in [6, 6.07) is 13.9. The van der Waals surface area contributed by atoms with Gasteiger partial charge in [0.05, 0.1) is 19.5 Å². The number of hydrogen-bond acceptors (Lipinski definition) is 4. The third-order valence-electron chi connectivity index (χ3n) is 4.25. The van der Waals surface area contributed by atoms with Gasteiger partial charge in [0, 0.05) is 33.6 Å². The van der Waals surface area contributed by atoms with E-state index in [0.29, 0.717) is 38.2 Å². The number of hydrogen-bond donors (Lipinski definition) is 2. The van der Waals surface area contributed by atoms with E-state index in [-0.39, 0.29) is 36.4 Å². The Kier molecular flexibility index (Phi) is 12.8. The van der Waals surface area contributed by atoms with Crippen molar-refractivity contribution in [3.8, 4) is 0 Å². The van der Waals surface area contributed by atoms with Crippen LogP contribution in [-0.4, -0.2) is 57.1 Å². The first-order valence-electron chi connectivity index (χ1n) is 9.91. The number of likely N-dealkylation sites (N-methyl/N-ethyl adjacent to an activating group) is 1. The van der Waals surface area contributed by atoms with Crippen molar-refractivity contribution in [3.63, 3.8) is 0 Å². The number of rotatable bonds is 11. The highest BCUT2D eigenvalue weighted by molar-refractivity contribution is 14.0. The molecule has 0 bridgehead atoms. The van der Waals surface area contributed by atoms with E-state index in [0.717, 1.165) is 17.7 Å². The number of furan rings is 1. The van der Waals surface area contributed by atoms with Crippen molar-refractivity contribution < 1.29 is 13.9 Å². The minimum absolute atomic E-state index is 0. The van der Waals surface area contributed by atoms with Gasteiger partial charge in [-0.3, -0.25) is 4.79 Å². The molecule has 0 aliphatic rings. The Bertz CT molecular complexity index is 736. The van der Waals surface area contributed by atoms with Crippen LogP contribution in [0.5, 0.6) is 0 Å². The van der Waals surface area contributed by atoms with E-state index in [1.807, 2.05) is 30.3 Å². The number of amides is 1. The molecule has 0 aliphatic carbocycles. The van der Waals surface area contributed by atoms with Crippen molar-refractivity contribution in [2.75, 3.05) is 40.3 Å². The SMILES string of the molecule is CC(CNC(=NCC(=O)N(C)C)NCCc1ccco1)COCc1ccccc1.I. The van der Waals surface area contributed by atoms with Gasteiger partial charge in [0.2, 0.25) is 5.91 Å². The van der Waals surface area contributed by atoms with Crippen molar-refractivity contribution in [1.82, 2.24) is 15.5 Å². The summed E-state index contributed by atoms with van der Waals surface area (Å²) in [6.07, 6.45) is 2.40. The molecule has 0 radical (unpaired) electrons. The van der Waals surface area contributed by atoms with Crippen LogP contribution >= 0.6 is 24.0 Å². The zero-order valence-electron chi connectivity index (χ0n) is 18.0. The fourth-order valence-electron chi connectivity index (χ4n) is 2.50. The van der Waals surface area contributed by atoms with E-state index in [1.54, 1.807) is 20.4 Å². The molecule has 2 N–H and O–H groups in total. The minimum Gasteiger partial charge on any atom is -0.469 e. The van der Waals surface area contributed by atoms with Gasteiger partial charge in [0.15, 0.2) is 5.96 Å². The summed E-state index contributed by atoms with van der Waals surface area (Å²) in [4.78, 5) is 17.8. The van der Waals surface area contributed by atoms with Crippen molar-refractivity contribution in [3.05, 3.63) is 60.1 Å². The maximum absolute atomic E-state index is 11.9. The van der Waals surface area contributed by atoms with Crippen LogP contribution in [0.3, 0.4) is 0 Å². The summed E-state index contributed by atoms with van der Waals surface area (Å²) in [6.45, 7) is 4.81. The Balaban J connectivity index is 0.00000450. The van der Waals surface area contributed by atoms with Gasteiger partial charge in [-0.1, -0.05) is 37.3 Å². The topological polar surface area (TPSA) is 79.1 Å². The molecular weight excluding hydrogens is 495 g/mol. The summed E-state index contributed by atoms with van der Waals surface area (Å²) >= 11 is 0. The average molecular weight is 528 g/mol. The molecule has 1 unspecified atom stereocenters. The van der Waals surface area contributed by atoms with Crippen molar-refractivity contribution in [2.24, 2.45) is 10.9 Å². The Hall–Kier alpha value is -2.07. The lowest BCUT2D eigenvalue weighted by atomic mass is 10.2. The first-order valence-corrected chi connectivity index (χ1v) is 9.91. The fourth-order valence-corrected chi connectivity index (χ4v) is 2.50. The predicted octanol–water partition coefficient (Wildman–Crippen LogP) is 2.92. The van der Waals surface area contributed by atoms with Gasteiger partial charge < -0.3 is 24.7 Å². The lowest BCUT2D eigenvalue weighted by Crippen LogP contribution is -2.41. The van der Waals surface area contributed by atoms with E-state index in [2.05, 4.69) is 34.7 Å². The average Bonchev–Trinajstić information content (AvgIpc) is 3.23. The van der Waals surface area contributed by atoms with E-state index in [1.165, 1.54) is 4.90 Å². The zero-order chi connectivity index (χ0) is 20.9. The Morgan fingerprint density at radius 1 is 1.17 bits per heavy atom. The molecule has 1 atom stereocenters. The molecule has 2 aromatic rings. The van der Waals surface area contributed by atoms with Gasteiger partial charge in [-0.05, 0) is 23.6 Å². The van der Waals surface area contributed by atoms with E-state index >= 15 is 0 Å². The maximum Gasteiger partial charge on any atom is 0.243 e. The second-order valence-corrected chi connectivity index (χ2v) is 7.20. The highest BCUT2D eigenvalue weighted by Crippen LogP contribution is 2.03. The van der Waals surface area contributed by atoms with Crippen molar-refractivity contribution in [1.29, 1.82) is 0 Å². The molecule has 0 fully saturated rings. The van der Waals surface area contributed by atoms with Crippen molar-refractivity contribution in [2.45, 2.75) is 20.0 Å². The standard InChI is InChI=1S/C22H32N4O3.HI/c1-18(16-28-17-19-8-5-4-6-9-19)14-24-22(25-15-21(27)26(2)3)23-12-11-20-10-7-13-29-20;/h4-10,13,18H,11-12,14-17H2,1-3H3,(H2,23,24,25);1H. The van der Waals surface area contributed by atoms with E-state index in [9.17, 15) is 4.79 Å². The minimum atomic E-state index is -0.0450. The number of nitrogens with zero attached hydrogens (tertiary/aromatic N) is 2. The number of aliphatic imine (C=N–C) groups is 1. The Morgan fingerprint density at radius 2 is 1.93 bits per heavy atom. The predicted molar refractivity (Wildman–Crippen MR) is 130 cm³/mol. The smallest absolute Gasteiger partial charge is 0.243 e. The second-order valence-electron chi connectivity index (χ2n) is 7.20. The number of carbonyl (C=O) groups is 1. The summed E-state index contributed by atoms with van der Waals surface area (Å²) in [7, 11) is 3.45. The molecule has 1 amide bonds. The summed E-state index contributed by atoms with van der Waals surface area (Å²) in [5.41, 5.74) is 1.16. The third kappa shape index (κ3) is 10.6. The molecule has 1 aromatic carbocycles. The Morgan fingerprint density at radius 3 is 2.60 bits per heavy atom. The lowest BCUT2D eigenvalue weighted by molar-refractivity contribution is -0.127. The molecule has 2 rings (SSSR count). The number of halogens is 1. The number of ether oxygens (including phenoxy) is 1. The van der Waals surface area contributed by atoms with Gasteiger partial charge in [0.25, 0.3) is 0 Å². The van der Waals surface area contributed by atoms with E-state index in [4.69, 9.17) is 9.15 Å². The normalized spacial score (nSPS) is 12.0. The van der Waals surface area contributed by atoms with Crippen LogP contribution in [0.4, 0.5) is 0 Å². The molecule has 8 heteroatoms.